The lowest BCUT2D eigenvalue weighted by molar-refractivity contribution is -0.128. The summed E-state index contributed by atoms with van der Waals surface area (Å²) in [6.07, 6.45) is 3.05. The zero-order valence-corrected chi connectivity index (χ0v) is 18.3. The number of para-hydroxylation sites is 1. The number of carbonyl (C=O) groups excluding carboxylic acids is 1. The van der Waals surface area contributed by atoms with E-state index in [-0.39, 0.29) is 5.91 Å². The van der Waals surface area contributed by atoms with Gasteiger partial charge in [0.25, 0.3) is 5.91 Å². The Kier molecular flexibility index (Phi) is 7.63. The standard InChI is InChI=1S/C24H23BrN2O3/c1-3-15-29-21-12-8-6-10-18(21)16-26-27-24(28)20(4-2)30-22-14-13-17-9-5-7-11-19(17)23(22)25/h3,5-14,16,20H,1,4,15H2,2H3,(H,27,28)/b26-16-/t20-/m1/s1. The van der Waals surface area contributed by atoms with Crippen molar-refractivity contribution < 1.29 is 14.3 Å². The van der Waals surface area contributed by atoms with Gasteiger partial charge in [0, 0.05) is 5.56 Å². The van der Waals surface area contributed by atoms with E-state index in [1.54, 1.807) is 12.3 Å². The molecular formula is C24H23BrN2O3. The third-order valence-corrected chi connectivity index (χ3v) is 5.23. The van der Waals surface area contributed by atoms with Crippen molar-refractivity contribution >= 4 is 38.8 Å². The van der Waals surface area contributed by atoms with E-state index in [9.17, 15) is 4.79 Å². The number of hydrazone groups is 1. The summed E-state index contributed by atoms with van der Waals surface area (Å²) in [4.78, 5) is 12.6. The van der Waals surface area contributed by atoms with Crippen LogP contribution < -0.4 is 14.9 Å². The molecule has 0 spiro atoms. The van der Waals surface area contributed by atoms with E-state index in [4.69, 9.17) is 9.47 Å². The van der Waals surface area contributed by atoms with Crippen molar-refractivity contribution in [2.45, 2.75) is 19.4 Å². The molecular weight excluding hydrogens is 444 g/mol. The van der Waals surface area contributed by atoms with Gasteiger partial charge >= 0.3 is 0 Å². The maximum absolute atomic E-state index is 12.6. The first-order valence-electron chi connectivity index (χ1n) is 9.63. The molecule has 30 heavy (non-hydrogen) atoms. The quantitative estimate of drug-likeness (QED) is 0.258. The van der Waals surface area contributed by atoms with Gasteiger partial charge in [-0.25, -0.2) is 5.43 Å². The Bertz CT molecular complexity index is 1070. The lowest BCUT2D eigenvalue weighted by Crippen LogP contribution is -2.35. The largest absolute Gasteiger partial charge is 0.489 e. The molecule has 5 nitrogen and oxygen atoms in total. The Morgan fingerprint density at radius 3 is 2.70 bits per heavy atom. The summed E-state index contributed by atoms with van der Waals surface area (Å²) < 4.78 is 12.4. The highest BCUT2D eigenvalue weighted by Crippen LogP contribution is 2.33. The monoisotopic (exact) mass is 466 g/mol. The third kappa shape index (κ3) is 5.27. The predicted molar refractivity (Wildman–Crippen MR) is 124 cm³/mol. The van der Waals surface area contributed by atoms with Crippen molar-refractivity contribution in [1.29, 1.82) is 0 Å². The van der Waals surface area contributed by atoms with Crippen molar-refractivity contribution in [2.24, 2.45) is 5.10 Å². The van der Waals surface area contributed by atoms with Gasteiger partial charge in [0.1, 0.15) is 18.1 Å². The van der Waals surface area contributed by atoms with Crippen molar-refractivity contribution in [3.8, 4) is 11.5 Å². The van der Waals surface area contributed by atoms with Crippen LogP contribution in [0.3, 0.4) is 0 Å². The zero-order valence-electron chi connectivity index (χ0n) is 16.7. The fourth-order valence-corrected chi connectivity index (χ4v) is 3.47. The molecule has 1 N–H and O–H groups in total. The SMILES string of the molecule is C=CCOc1ccccc1/C=N\NC(=O)[C@@H](CC)Oc1ccc2ccccc2c1Br. The van der Waals surface area contributed by atoms with Crippen molar-refractivity contribution in [2.75, 3.05) is 6.61 Å². The average molecular weight is 467 g/mol. The first kappa shape index (κ1) is 21.6. The van der Waals surface area contributed by atoms with Gasteiger partial charge in [0.2, 0.25) is 0 Å². The summed E-state index contributed by atoms with van der Waals surface area (Å²) in [5, 5.41) is 6.19. The molecule has 0 aliphatic carbocycles. The van der Waals surface area contributed by atoms with E-state index in [2.05, 4.69) is 33.0 Å². The highest BCUT2D eigenvalue weighted by molar-refractivity contribution is 9.10. The highest BCUT2D eigenvalue weighted by atomic mass is 79.9. The van der Waals surface area contributed by atoms with Gasteiger partial charge < -0.3 is 9.47 Å². The molecule has 0 unspecified atom stereocenters. The Hall–Kier alpha value is -3.12. The number of hydrogen-bond donors (Lipinski definition) is 1. The average Bonchev–Trinajstić information content (AvgIpc) is 2.78. The van der Waals surface area contributed by atoms with E-state index >= 15 is 0 Å². The lowest BCUT2D eigenvalue weighted by atomic mass is 10.1. The minimum atomic E-state index is -0.674. The molecule has 0 heterocycles. The number of benzene rings is 3. The predicted octanol–water partition coefficient (Wildman–Crippen LogP) is 5.47. The van der Waals surface area contributed by atoms with Gasteiger partial charge in [0.05, 0.1) is 10.7 Å². The molecule has 0 saturated heterocycles. The Morgan fingerprint density at radius 1 is 1.13 bits per heavy atom. The van der Waals surface area contributed by atoms with Gasteiger partial charge in [-0.2, -0.15) is 5.10 Å². The van der Waals surface area contributed by atoms with Gasteiger partial charge in [0.15, 0.2) is 6.10 Å². The molecule has 1 atom stereocenters. The normalized spacial score (nSPS) is 11.9. The van der Waals surface area contributed by atoms with Crippen LogP contribution in [0.2, 0.25) is 0 Å². The first-order valence-corrected chi connectivity index (χ1v) is 10.4. The van der Waals surface area contributed by atoms with E-state index in [0.717, 1.165) is 20.8 Å². The molecule has 0 saturated carbocycles. The molecule has 154 valence electrons. The van der Waals surface area contributed by atoms with Crippen LogP contribution >= 0.6 is 15.9 Å². The number of carbonyl (C=O) groups is 1. The number of halogens is 1. The third-order valence-electron chi connectivity index (χ3n) is 4.41. The van der Waals surface area contributed by atoms with Crippen molar-refractivity contribution in [3.05, 3.63) is 83.4 Å². The topological polar surface area (TPSA) is 59.9 Å². The number of nitrogens with one attached hydrogen (secondary N) is 1. The molecule has 0 fully saturated rings. The minimum Gasteiger partial charge on any atom is -0.489 e. The summed E-state index contributed by atoms with van der Waals surface area (Å²) in [5.41, 5.74) is 3.31. The summed E-state index contributed by atoms with van der Waals surface area (Å²) >= 11 is 3.59. The van der Waals surface area contributed by atoms with Gasteiger partial charge in [-0.05, 0) is 51.3 Å². The van der Waals surface area contributed by atoms with Crippen LogP contribution in [0.5, 0.6) is 11.5 Å². The van der Waals surface area contributed by atoms with Crippen molar-refractivity contribution in [1.82, 2.24) is 5.43 Å². The van der Waals surface area contributed by atoms with Crippen LogP contribution in [-0.2, 0) is 4.79 Å². The number of fused-ring (bicyclic) bond motifs is 1. The van der Waals surface area contributed by atoms with Crippen molar-refractivity contribution in [3.63, 3.8) is 0 Å². The summed E-state index contributed by atoms with van der Waals surface area (Å²) in [5.74, 6) is 0.958. The maximum Gasteiger partial charge on any atom is 0.281 e. The molecule has 1 amide bonds. The molecule has 3 rings (SSSR count). The molecule has 0 bridgehead atoms. The second-order valence-electron chi connectivity index (χ2n) is 6.49. The molecule has 0 radical (unpaired) electrons. The molecule has 0 aromatic heterocycles. The minimum absolute atomic E-state index is 0.321. The Balaban J connectivity index is 1.68. The number of nitrogens with zero attached hydrogens (tertiary/aromatic N) is 1. The number of ether oxygens (including phenoxy) is 2. The molecule has 0 aliphatic heterocycles. The second kappa shape index (κ2) is 10.6. The first-order chi connectivity index (χ1) is 14.6. The Labute approximate surface area is 184 Å². The van der Waals surface area contributed by atoms with E-state index in [0.29, 0.717) is 24.5 Å². The number of hydrogen-bond acceptors (Lipinski definition) is 4. The highest BCUT2D eigenvalue weighted by Gasteiger charge is 2.19. The van der Waals surface area contributed by atoms with E-state index < -0.39 is 6.10 Å². The van der Waals surface area contributed by atoms with Crippen LogP contribution in [0.1, 0.15) is 18.9 Å². The van der Waals surface area contributed by atoms with Crippen LogP contribution in [0, 0.1) is 0 Å². The van der Waals surface area contributed by atoms with E-state index in [1.165, 1.54) is 0 Å². The summed E-state index contributed by atoms with van der Waals surface area (Å²) in [6, 6.07) is 19.2. The lowest BCUT2D eigenvalue weighted by Gasteiger charge is -2.17. The van der Waals surface area contributed by atoms with Gasteiger partial charge in [-0.3, -0.25) is 4.79 Å². The maximum atomic E-state index is 12.6. The molecule has 3 aromatic carbocycles. The number of amides is 1. The molecule has 6 heteroatoms. The molecule has 0 aliphatic rings. The van der Waals surface area contributed by atoms with Gasteiger partial charge in [-0.15, -0.1) is 0 Å². The van der Waals surface area contributed by atoms with E-state index in [1.807, 2.05) is 67.6 Å². The van der Waals surface area contributed by atoms with Gasteiger partial charge in [-0.1, -0.05) is 62.0 Å². The summed E-state index contributed by atoms with van der Waals surface area (Å²) in [7, 11) is 0. The fraction of sp³-hybridized carbons (Fsp3) is 0.167. The molecule has 3 aromatic rings. The second-order valence-corrected chi connectivity index (χ2v) is 7.28. The Morgan fingerprint density at radius 2 is 1.90 bits per heavy atom. The number of rotatable bonds is 9. The van der Waals surface area contributed by atoms with Crippen LogP contribution in [0.25, 0.3) is 10.8 Å². The van der Waals surface area contributed by atoms with Crippen LogP contribution in [0.15, 0.2) is 82.9 Å². The van der Waals surface area contributed by atoms with Crippen LogP contribution in [0.4, 0.5) is 0 Å². The summed E-state index contributed by atoms with van der Waals surface area (Å²) in [6.45, 7) is 5.93. The zero-order chi connectivity index (χ0) is 21.3. The van der Waals surface area contributed by atoms with Crippen LogP contribution in [-0.4, -0.2) is 24.8 Å². The fourth-order valence-electron chi connectivity index (χ4n) is 2.88. The smallest absolute Gasteiger partial charge is 0.281 e.